The van der Waals surface area contributed by atoms with E-state index in [1.807, 2.05) is 48.0 Å². The number of halogens is 1. The third-order valence-electron chi connectivity index (χ3n) is 5.64. The summed E-state index contributed by atoms with van der Waals surface area (Å²) in [5, 5.41) is 23.6. The van der Waals surface area contributed by atoms with E-state index in [1.54, 1.807) is 17.8 Å². The second-order valence-electron chi connectivity index (χ2n) is 7.59. The highest BCUT2D eigenvalue weighted by atomic mass is 35.5. The van der Waals surface area contributed by atoms with Crippen molar-refractivity contribution >= 4 is 51.1 Å². The summed E-state index contributed by atoms with van der Waals surface area (Å²) >= 11 is 7.61. The van der Waals surface area contributed by atoms with E-state index in [2.05, 4.69) is 15.0 Å². The Bertz CT molecular complexity index is 1340. The highest BCUT2D eigenvalue weighted by Crippen LogP contribution is 2.35. The molecule has 0 unspecified atom stereocenters. The zero-order valence-corrected chi connectivity index (χ0v) is 18.2. The van der Waals surface area contributed by atoms with Gasteiger partial charge in [0, 0.05) is 27.6 Å². The van der Waals surface area contributed by atoms with Crippen LogP contribution in [0, 0.1) is 6.92 Å². The Hall–Kier alpha value is -2.65. The van der Waals surface area contributed by atoms with Crippen molar-refractivity contribution in [2.75, 3.05) is 11.5 Å². The summed E-state index contributed by atoms with van der Waals surface area (Å²) in [5.74, 6) is 0.838. The summed E-state index contributed by atoms with van der Waals surface area (Å²) in [6.07, 6.45) is 3.44. The summed E-state index contributed by atoms with van der Waals surface area (Å²) in [4.78, 5) is 13.9. The van der Waals surface area contributed by atoms with E-state index < -0.39 is 18.2 Å². The lowest BCUT2D eigenvalue weighted by molar-refractivity contribution is 0.0332. The van der Waals surface area contributed by atoms with Gasteiger partial charge in [0.25, 0.3) is 0 Å². The number of fused-ring (bicyclic) bond motifs is 2. The van der Waals surface area contributed by atoms with E-state index >= 15 is 0 Å². The lowest BCUT2D eigenvalue weighted by atomic mass is 10.1. The third-order valence-corrected chi connectivity index (χ3v) is 7.01. The molecule has 7 nitrogen and oxygen atoms in total. The lowest BCUT2D eigenvalue weighted by Gasteiger charge is -2.19. The Labute approximate surface area is 187 Å². The number of rotatable bonds is 4. The molecule has 1 aromatic carbocycles. The molecule has 4 aromatic rings. The predicted octanol–water partition coefficient (Wildman–Crippen LogP) is 3.52. The molecule has 1 aliphatic carbocycles. The van der Waals surface area contributed by atoms with Crippen molar-refractivity contribution in [2.24, 2.45) is 0 Å². The van der Waals surface area contributed by atoms with Crippen LogP contribution in [0.25, 0.3) is 21.9 Å². The molecule has 3 atom stereocenters. The zero-order chi connectivity index (χ0) is 21.7. The first-order valence-corrected chi connectivity index (χ1v) is 11.1. The van der Waals surface area contributed by atoms with Crippen LogP contribution in [-0.4, -0.2) is 47.7 Å². The topological polar surface area (TPSA) is 110 Å². The maximum Gasteiger partial charge on any atom is 0.144 e. The molecule has 0 amide bonds. The van der Waals surface area contributed by atoms with Crippen molar-refractivity contribution in [1.29, 1.82) is 0 Å². The van der Waals surface area contributed by atoms with Crippen LogP contribution in [0.5, 0.6) is 0 Å². The number of thioether (sulfide) groups is 1. The zero-order valence-electron chi connectivity index (χ0n) is 16.6. The number of nitrogen functional groups attached to an aromatic ring is 1. The van der Waals surface area contributed by atoms with Crippen molar-refractivity contribution in [3.8, 4) is 0 Å². The Morgan fingerprint density at radius 3 is 2.87 bits per heavy atom. The number of aromatic nitrogens is 4. The van der Waals surface area contributed by atoms with E-state index in [4.69, 9.17) is 17.3 Å². The molecule has 5 rings (SSSR count). The van der Waals surface area contributed by atoms with Crippen molar-refractivity contribution in [3.05, 3.63) is 65.2 Å². The summed E-state index contributed by atoms with van der Waals surface area (Å²) in [5.41, 5.74) is 8.98. The van der Waals surface area contributed by atoms with Gasteiger partial charge in [-0.2, -0.15) is 0 Å². The Morgan fingerprint density at radius 1 is 1.19 bits per heavy atom. The van der Waals surface area contributed by atoms with Gasteiger partial charge in [-0.1, -0.05) is 23.7 Å². The molecule has 0 radical (unpaired) electrons. The SMILES string of the molecule is Cc1ncnc2c1ccn2[C@@H]1C=C(CSc2ccc3cc(Cl)c(N)nc3c2)[C@@H](O)[C@H]1O. The first-order valence-electron chi connectivity index (χ1n) is 9.76. The van der Waals surface area contributed by atoms with Crippen LogP contribution in [0.1, 0.15) is 11.7 Å². The molecule has 1 aliphatic rings. The second kappa shape index (κ2) is 7.80. The van der Waals surface area contributed by atoms with Gasteiger partial charge in [0.2, 0.25) is 0 Å². The highest BCUT2D eigenvalue weighted by Gasteiger charge is 2.36. The van der Waals surface area contributed by atoms with Gasteiger partial charge in [-0.25, -0.2) is 15.0 Å². The quantitative estimate of drug-likeness (QED) is 0.320. The molecule has 158 valence electrons. The third kappa shape index (κ3) is 3.55. The fourth-order valence-corrected chi connectivity index (χ4v) is 5.05. The molecule has 0 fully saturated rings. The fourth-order valence-electron chi connectivity index (χ4n) is 3.93. The molecule has 9 heteroatoms. The summed E-state index contributed by atoms with van der Waals surface area (Å²) < 4.78 is 1.89. The molecular weight excluding hydrogens is 434 g/mol. The van der Waals surface area contributed by atoms with Gasteiger partial charge in [0.15, 0.2) is 0 Å². The number of anilines is 1. The van der Waals surface area contributed by atoms with Gasteiger partial charge in [0.1, 0.15) is 30.0 Å². The average molecular weight is 454 g/mol. The summed E-state index contributed by atoms with van der Waals surface area (Å²) in [6, 6.07) is 9.21. The first kappa shape index (κ1) is 20.3. The number of hydrogen-bond donors (Lipinski definition) is 3. The van der Waals surface area contributed by atoms with Gasteiger partial charge in [-0.3, -0.25) is 0 Å². The standard InChI is InChI=1S/C22H20ClN5O2S/c1-11-15-4-5-28(22(15)26-10-25-11)18-7-13(19(29)20(18)30)9-31-14-3-2-12-6-16(23)21(24)27-17(12)8-14/h2-8,10,18-20,29-30H,9H2,1H3,(H2,24,27)/t18-,19-,20+/m1/s1. The molecule has 0 bridgehead atoms. The summed E-state index contributed by atoms with van der Waals surface area (Å²) in [6.45, 7) is 1.92. The highest BCUT2D eigenvalue weighted by molar-refractivity contribution is 7.99. The van der Waals surface area contributed by atoms with Crippen LogP contribution in [0.3, 0.4) is 0 Å². The average Bonchev–Trinajstić information content (AvgIpc) is 3.30. The number of nitrogens with two attached hydrogens (primary N) is 1. The van der Waals surface area contributed by atoms with Gasteiger partial charge in [-0.15, -0.1) is 11.8 Å². The van der Waals surface area contributed by atoms with E-state index in [9.17, 15) is 10.2 Å². The minimum Gasteiger partial charge on any atom is -0.388 e. The van der Waals surface area contributed by atoms with Crippen molar-refractivity contribution in [2.45, 2.75) is 30.1 Å². The second-order valence-corrected chi connectivity index (χ2v) is 9.04. The lowest BCUT2D eigenvalue weighted by Crippen LogP contribution is -2.29. The monoisotopic (exact) mass is 453 g/mol. The van der Waals surface area contributed by atoms with Crippen molar-refractivity contribution in [3.63, 3.8) is 0 Å². The normalized spacial score (nSPS) is 21.2. The summed E-state index contributed by atoms with van der Waals surface area (Å²) in [7, 11) is 0. The van der Waals surface area contributed by atoms with Gasteiger partial charge in [0.05, 0.1) is 22.3 Å². The van der Waals surface area contributed by atoms with Crippen LogP contribution < -0.4 is 5.73 Å². The Kier molecular flexibility index (Phi) is 5.10. The van der Waals surface area contributed by atoms with Crippen LogP contribution in [0.15, 0.2) is 59.4 Å². The fraction of sp³-hybridized carbons (Fsp3) is 0.227. The largest absolute Gasteiger partial charge is 0.388 e. The minimum atomic E-state index is -0.943. The molecule has 0 saturated heterocycles. The van der Waals surface area contributed by atoms with Crippen LogP contribution >= 0.6 is 23.4 Å². The van der Waals surface area contributed by atoms with E-state index in [0.717, 1.165) is 38.1 Å². The van der Waals surface area contributed by atoms with Gasteiger partial charge in [-0.05, 0) is 36.8 Å². The van der Waals surface area contributed by atoms with Crippen molar-refractivity contribution in [1.82, 2.24) is 19.5 Å². The molecule has 0 saturated carbocycles. The number of benzene rings is 1. The predicted molar refractivity (Wildman–Crippen MR) is 123 cm³/mol. The molecule has 0 spiro atoms. The number of pyridine rings is 1. The maximum atomic E-state index is 10.7. The van der Waals surface area contributed by atoms with E-state index in [1.165, 1.54) is 6.33 Å². The van der Waals surface area contributed by atoms with Crippen molar-refractivity contribution < 1.29 is 10.2 Å². The molecular formula is C22H20ClN5O2S. The molecule has 3 heterocycles. The number of aliphatic hydroxyl groups excluding tert-OH is 2. The molecule has 3 aromatic heterocycles. The molecule has 31 heavy (non-hydrogen) atoms. The first-order chi connectivity index (χ1) is 14.9. The smallest absolute Gasteiger partial charge is 0.144 e. The Morgan fingerprint density at radius 2 is 2.03 bits per heavy atom. The number of hydrogen-bond acceptors (Lipinski definition) is 7. The molecule has 4 N–H and O–H groups in total. The maximum absolute atomic E-state index is 10.7. The van der Waals surface area contributed by atoms with Crippen LogP contribution in [0.4, 0.5) is 5.82 Å². The van der Waals surface area contributed by atoms with Crippen LogP contribution in [-0.2, 0) is 0 Å². The number of aryl methyl sites for hydroxylation is 1. The number of aliphatic hydroxyl groups is 2. The van der Waals surface area contributed by atoms with Crippen LogP contribution in [0.2, 0.25) is 5.02 Å². The van der Waals surface area contributed by atoms with Gasteiger partial charge >= 0.3 is 0 Å². The van der Waals surface area contributed by atoms with E-state index in [-0.39, 0.29) is 0 Å². The van der Waals surface area contributed by atoms with E-state index in [0.29, 0.717) is 16.6 Å². The minimum absolute atomic E-state index is 0.300. The number of nitrogens with zero attached hydrogens (tertiary/aromatic N) is 4. The Balaban J connectivity index is 1.39. The molecule has 0 aliphatic heterocycles. The van der Waals surface area contributed by atoms with Gasteiger partial charge < -0.3 is 20.5 Å².